The number of hydrogen-bond acceptors (Lipinski definition) is 4. The first kappa shape index (κ1) is 14.6. The number of rotatable bonds is 3. The van der Waals surface area contributed by atoms with Gasteiger partial charge in [0.15, 0.2) is 5.78 Å². The molecule has 1 aliphatic rings. The molecule has 1 aromatic heterocycles. The Morgan fingerprint density at radius 1 is 1.23 bits per heavy atom. The lowest BCUT2D eigenvalue weighted by molar-refractivity contribution is -0.115. The minimum absolute atomic E-state index is 0.132. The van der Waals surface area contributed by atoms with Crippen LogP contribution in [0.4, 0.5) is 5.69 Å². The third-order valence-electron chi connectivity index (χ3n) is 3.86. The molecule has 2 aromatic rings. The van der Waals surface area contributed by atoms with Crippen molar-refractivity contribution in [1.29, 1.82) is 5.26 Å². The maximum Gasteiger partial charge on any atom is 0.158 e. The van der Waals surface area contributed by atoms with Crippen molar-refractivity contribution in [3.05, 3.63) is 63.5 Å². The lowest BCUT2D eigenvalue weighted by Gasteiger charge is -2.23. The molecule has 110 valence electrons. The standard InChI is InChI=1S/C18H16N2OS/c1-12-2-4-13(5-3-12)14-8-15(10-16(21)9-14)20-17-6-7-22-18(17)11-19/h2-7,10,14,20H,8-9H2,1H3. The third-order valence-corrected chi connectivity index (χ3v) is 4.68. The van der Waals surface area contributed by atoms with E-state index in [4.69, 9.17) is 5.26 Å². The largest absolute Gasteiger partial charge is 0.357 e. The second-order valence-electron chi connectivity index (χ2n) is 5.55. The van der Waals surface area contributed by atoms with E-state index in [0.29, 0.717) is 11.3 Å². The molecule has 1 aliphatic carbocycles. The van der Waals surface area contributed by atoms with E-state index < -0.39 is 0 Å². The lowest BCUT2D eigenvalue weighted by atomic mass is 9.85. The van der Waals surface area contributed by atoms with Crippen LogP contribution in [-0.2, 0) is 4.79 Å². The van der Waals surface area contributed by atoms with Gasteiger partial charge in [-0.2, -0.15) is 5.26 Å². The average molecular weight is 308 g/mol. The average Bonchev–Trinajstić information content (AvgIpc) is 2.94. The summed E-state index contributed by atoms with van der Waals surface area (Å²) in [7, 11) is 0. The molecule has 4 heteroatoms. The smallest absolute Gasteiger partial charge is 0.158 e. The highest BCUT2D eigenvalue weighted by Crippen LogP contribution is 2.33. The summed E-state index contributed by atoms with van der Waals surface area (Å²) in [6.45, 7) is 2.06. The molecule has 1 unspecified atom stereocenters. The number of anilines is 1. The first-order chi connectivity index (χ1) is 10.7. The van der Waals surface area contributed by atoms with Gasteiger partial charge in [0.1, 0.15) is 10.9 Å². The summed E-state index contributed by atoms with van der Waals surface area (Å²) >= 11 is 1.40. The highest BCUT2D eigenvalue weighted by atomic mass is 32.1. The van der Waals surface area contributed by atoms with Crippen molar-refractivity contribution in [2.24, 2.45) is 0 Å². The summed E-state index contributed by atoms with van der Waals surface area (Å²) in [5.74, 6) is 0.331. The Hall–Kier alpha value is -2.38. The van der Waals surface area contributed by atoms with Gasteiger partial charge in [0.25, 0.3) is 0 Å². The zero-order valence-corrected chi connectivity index (χ0v) is 13.1. The fourth-order valence-corrected chi connectivity index (χ4v) is 3.36. The molecule has 0 radical (unpaired) electrons. The second-order valence-corrected chi connectivity index (χ2v) is 6.47. The number of thiophene rings is 1. The van der Waals surface area contributed by atoms with Crippen LogP contribution in [0.3, 0.4) is 0 Å². The van der Waals surface area contributed by atoms with Crippen molar-refractivity contribution in [3.8, 4) is 6.07 Å². The molecule has 0 spiro atoms. The molecule has 0 fully saturated rings. The van der Waals surface area contributed by atoms with E-state index in [9.17, 15) is 4.79 Å². The predicted octanol–water partition coefficient (Wildman–Crippen LogP) is 4.37. The topological polar surface area (TPSA) is 52.9 Å². The summed E-state index contributed by atoms with van der Waals surface area (Å²) in [6.07, 6.45) is 3.00. The van der Waals surface area contributed by atoms with Gasteiger partial charge in [-0.3, -0.25) is 4.79 Å². The molecule has 0 saturated heterocycles. The fourth-order valence-electron chi connectivity index (χ4n) is 2.72. The number of ketones is 1. The van der Waals surface area contributed by atoms with Crippen molar-refractivity contribution in [2.75, 3.05) is 5.32 Å². The summed E-state index contributed by atoms with van der Waals surface area (Å²) in [5, 5.41) is 14.2. The van der Waals surface area contributed by atoms with Gasteiger partial charge in [-0.25, -0.2) is 0 Å². The van der Waals surface area contributed by atoms with Crippen LogP contribution in [0.25, 0.3) is 0 Å². The number of nitriles is 1. The highest BCUT2D eigenvalue weighted by molar-refractivity contribution is 7.11. The van der Waals surface area contributed by atoms with Gasteiger partial charge in [0.2, 0.25) is 0 Å². The Kier molecular flexibility index (Phi) is 4.08. The van der Waals surface area contributed by atoms with Crippen LogP contribution in [0.5, 0.6) is 0 Å². The number of nitrogens with zero attached hydrogens (tertiary/aromatic N) is 1. The first-order valence-corrected chi connectivity index (χ1v) is 8.08. The quantitative estimate of drug-likeness (QED) is 0.916. The Morgan fingerprint density at radius 2 is 2.00 bits per heavy atom. The van der Waals surface area contributed by atoms with Gasteiger partial charge in [0, 0.05) is 18.2 Å². The molecule has 0 amide bonds. The van der Waals surface area contributed by atoms with Crippen LogP contribution in [0, 0.1) is 18.3 Å². The van der Waals surface area contributed by atoms with Crippen molar-refractivity contribution in [2.45, 2.75) is 25.7 Å². The number of benzene rings is 1. The van der Waals surface area contributed by atoms with Crippen molar-refractivity contribution < 1.29 is 4.79 Å². The first-order valence-electron chi connectivity index (χ1n) is 7.20. The molecular formula is C18H16N2OS. The predicted molar refractivity (Wildman–Crippen MR) is 88.9 cm³/mol. The molecule has 3 nitrogen and oxygen atoms in total. The van der Waals surface area contributed by atoms with Gasteiger partial charge in [-0.05, 0) is 36.3 Å². The van der Waals surface area contributed by atoms with E-state index in [-0.39, 0.29) is 11.7 Å². The van der Waals surface area contributed by atoms with Gasteiger partial charge in [-0.1, -0.05) is 29.8 Å². The van der Waals surface area contributed by atoms with Crippen LogP contribution in [0.2, 0.25) is 0 Å². The Balaban J connectivity index is 1.80. The molecule has 1 N–H and O–H groups in total. The number of allylic oxidation sites excluding steroid dienone is 2. The van der Waals surface area contributed by atoms with Gasteiger partial charge in [-0.15, -0.1) is 11.3 Å². The van der Waals surface area contributed by atoms with Crippen LogP contribution in [-0.4, -0.2) is 5.78 Å². The van der Waals surface area contributed by atoms with E-state index >= 15 is 0 Å². The molecule has 3 rings (SSSR count). The van der Waals surface area contributed by atoms with Crippen LogP contribution < -0.4 is 5.32 Å². The summed E-state index contributed by atoms with van der Waals surface area (Å²) < 4.78 is 0. The number of hydrogen-bond donors (Lipinski definition) is 1. The molecule has 0 bridgehead atoms. The maximum absolute atomic E-state index is 12.0. The monoisotopic (exact) mass is 308 g/mol. The van der Waals surface area contributed by atoms with E-state index in [1.807, 2.05) is 11.4 Å². The highest BCUT2D eigenvalue weighted by Gasteiger charge is 2.22. The van der Waals surface area contributed by atoms with Crippen molar-refractivity contribution in [3.63, 3.8) is 0 Å². The van der Waals surface area contributed by atoms with Crippen LogP contribution in [0.15, 0.2) is 47.5 Å². The SMILES string of the molecule is Cc1ccc(C2CC(=O)C=C(Nc3ccsc3C#N)C2)cc1. The minimum atomic E-state index is 0.132. The van der Waals surface area contributed by atoms with E-state index in [2.05, 4.69) is 42.6 Å². The molecule has 1 aromatic carbocycles. The van der Waals surface area contributed by atoms with Crippen LogP contribution >= 0.6 is 11.3 Å². The maximum atomic E-state index is 12.0. The van der Waals surface area contributed by atoms with Crippen LogP contribution in [0.1, 0.15) is 34.8 Å². The number of carbonyl (C=O) groups excluding carboxylic acids is 1. The second kappa shape index (κ2) is 6.17. The Labute approximate surface area is 133 Å². The zero-order chi connectivity index (χ0) is 15.5. The van der Waals surface area contributed by atoms with E-state index in [1.54, 1.807) is 6.08 Å². The number of carbonyl (C=O) groups is 1. The minimum Gasteiger partial charge on any atom is -0.357 e. The third kappa shape index (κ3) is 3.10. The fraction of sp³-hybridized carbons (Fsp3) is 0.222. The van der Waals surface area contributed by atoms with Gasteiger partial charge in [0.05, 0.1) is 5.69 Å². The summed E-state index contributed by atoms with van der Waals surface area (Å²) in [4.78, 5) is 12.7. The normalized spacial score (nSPS) is 17.7. The Morgan fingerprint density at radius 3 is 2.73 bits per heavy atom. The molecule has 0 aliphatic heterocycles. The summed E-state index contributed by atoms with van der Waals surface area (Å²) in [5.41, 5.74) is 4.08. The van der Waals surface area contributed by atoms with Crippen molar-refractivity contribution >= 4 is 22.8 Å². The molecule has 0 saturated carbocycles. The van der Waals surface area contributed by atoms with E-state index in [0.717, 1.165) is 17.8 Å². The van der Waals surface area contributed by atoms with Gasteiger partial charge < -0.3 is 5.32 Å². The summed E-state index contributed by atoms with van der Waals surface area (Å²) in [6, 6.07) is 12.4. The molecule has 1 atom stereocenters. The number of nitrogens with one attached hydrogen (secondary N) is 1. The zero-order valence-electron chi connectivity index (χ0n) is 12.3. The molecule has 22 heavy (non-hydrogen) atoms. The Bertz CT molecular complexity index is 765. The lowest BCUT2D eigenvalue weighted by Crippen LogP contribution is -2.16. The van der Waals surface area contributed by atoms with Gasteiger partial charge >= 0.3 is 0 Å². The van der Waals surface area contributed by atoms with E-state index in [1.165, 1.54) is 22.5 Å². The van der Waals surface area contributed by atoms with Crippen molar-refractivity contribution in [1.82, 2.24) is 0 Å². The molecular weight excluding hydrogens is 292 g/mol. The molecule has 1 heterocycles. The number of aryl methyl sites for hydroxylation is 1.